The topological polar surface area (TPSA) is 96.9 Å². The summed E-state index contributed by atoms with van der Waals surface area (Å²) in [7, 11) is 0. The third kappa shape index (κ3) is 4.64. The lowest BCUT2D eigenvalue weighted by molar-refractivity contribution is -0.115. The lowest BCUT2D eigenvalue weighted by Gasteiger charge is -2.08. The van der Waals surface area contributed by atoms with Gasteiger partial charge < -0.3 is 5.32 Å². The average Bonchev–Trinajstić information content (AvgIpc) is 3.09. The summed E-state index contributed by atoms with van der Waals surface area (Å²) in [4.78, 5) is 37.3. The Bertz CT molecular complexity index is 914. The van der Waals surface area contributed by atoms with Gasteiger partial charge in [0.15, 0.2) is 5.13 Å². The molecule has 9 heteroatoms. The highest BCUT2D eigenvalue weighted by Gasteiger charge is 2.13. The molecule has 0 spiro atoms. The fraction of sp³-hybridized carbons (Fsp3) is 0.118. The minimum Gasteiger partial charge on any atom is -0.325 e. The summed E-state index contributed by atoms with van der Waals surface area (Å²) in [5, 5.41) is 7.65. The zero-order valence-corrected chi connectivity index (χ0v) is 15.4. The molecule has 0 unspecified atom stereocenters. The fourth-order valence-electron chi connectivity index (χ4n) is 2.12. The number of aromatic nitrogens is 3. The number of hydrogen-bond acceptors (Lipinski definition) is 7. The maximum atomic E-state index is 12.2. The molecule has 0 aliphatic heterocycles. The minimum atomic E-state index is -0.440. The lowest BCUT2D eigenvalue weighted by atomic mass is 10.3. The Kier molecular flexibility index (Phi) is 5.92. The van der Waals surface area contributed by atoms with E-state index in [1.54, 1.807) is 23.2 Å². The van der Waals surface area contributed by atoms with Crippen LogP contribution in [0.2, 0.25) is 0 Å². The van der Waals surface area contributed by atoms with E-state index in [0.717, 1.165) is 10.6 Å². The summed E-state index contributed by atoms with van der Waals surface area (Å²) >= 11 is 2.81. The molecule has 0 saturated carbocycles. The number of thioether (sulfide) groups is 1. The van der Waals surface area contributed by atoms with Crippen molar-refractivity contribution >= 4 is 45.7 Å². The number of rotatable bonds is 6. The molecule has 0 radical (unpaired) electrons. The van der Waals surface area contributed by atoms with Crippen molar-refractivity contribution in [1.82, 2.24) is 15.0 Å². The van der Waals surface area contributed by atoms with Crippen LogP contribution < -0.4 is 10.6 Å². The molecule has 2 aromatic heterocycles. The molecule has 0 fully saturated rings. The molecule has 3 aromatic rings. The second-order valence-electron chi connectivity index (χ2n) is 5.10. The summed E-state index contributed by atoms with van der Waals surface area (Å²) < 4.78 is 0. The van der Waals surface area contributed by atoms with Gasteiger partial charge in [-0.3, -0.25) is 14.9 Å². The first-order valence-corrected chi connectivity index (χ1v) is 9.72. The number of carbonyl (C=O) groups excluding carboxylic acids is 2. The van der Waals surface area contributed by atoms with Crippen LogP contribution in [-0.4, -0.2) is 33.0 Å². The molecular formula is C17H15N5O2S2. The zero-order chi connectivity index (χ0) is 18.4. The van der Waals surface area contributed by atoms with Crippen LogP contribution in [0.25, 0.3) is 0 Å². The van der Waals surface area contributed by atoms with E-state index in [2.05, 4.69) is 25.6 Å². The average molecular weight is 385 g/mol. The number of hydrogen-bond donors (Lipinski definition) is 2. The highest BCUT2D eigenvalue weighted by Crippen LogP contribution is 2.25. The fourth-order valence-corrected chi connectivity index (χ4v) is 3.38. The van der Waals surface area contributed by atoms with Crippen molar-refractivity contribution in [3.8, 4) is 0 Å². The third-order valence-corrected chi connectivity index (χ3v) is 4.87. The van der Waals surface area contributed by atoms with Gasteiger partial charge in [-0.1, -0.05) is 12.1 Å². The van der Waals surface area contributed by atoms with Gasteiger partial charge >= 0.3 is 0 Å². The van der Waals surface area contributed by atoms with Crippen LogP contribution in [0.5, 0.6) is 0 Å². The van der Waals surface area contributed by atoms with Gasteiger partial charge in [-0.25, -0.2) is 15.0 Å². The Balaban J connectivity index is 1.59. The monoisotopic (exact) mass is 385 g/mol. The van der Waals surface area contributed by atoms with Gasteiger partial charge in [0.1, 0.15) is 0 Å². The van der Waals surface area contributed by atoms with Gasteiger partial charge in [-0.05, 0) is 24.5 Å². The SMILES string of the molecule is CSc1ccccc1NC(=O)Cc1csc(NC(=O)c2ncccn2)n1. The van der Waals surface area contributed by atoms with E-state index in [1.165, 1.54) is 23.7 Å². The summed E-state index contributed by atoms with van der Waals surface area (Å²) in [6.07, 6.45) is 5.06. The first kappa shape index (κ1) is 18.0. The van der Waals surface area contributed by atoms with Crippen LogP contribution in [-0.2, 0) is 11.2 Å². The Morgan fingerprint density at radius 3 is 2.65 bits per heavy atom. The molecule has 0 aliphatic carbocycles. The van der Waals surface area contributed by atoms with Crippen LogP contribution in [0.3, 0.4) is 0 Å². The van der Waals surface area contributed by atoms with E-state index in [0.29, 0.717) is 10.8 Å². The van der Waals surface area contributed by atoms with Crippen molar-refractivity contribution in [3.05, 3.63) is 59.6 Å². The van der Waals surface area contributed by atoms with Crippen molar-refractivity contribution in [2.24, 2.45) is 0 Å². The Morgan fingerprint density at radius 1 is 1.12 bits per heavy atom. The van der Waals surface area contributed by atoms with E-state index in [1.807, 2.05) is 30.5 Å². The van der Waals surface area contributed by atoms with Crippen LogP contribution in [0, 0.1) is 0 Å². The van der Waals surface area contributed by atoms with Crippen molar-refractivity contribution in [2.75, 3.05) is 16.9 Å². The Hall–Kier alpha value is -2.78. The molecule has 1 aromatic carbocycles. The Morgan fingerprint density at radius 2 is 1.88 bits per heavy atom. The predicted octanol–water partition coefficient (Wildman–Crippen LogP) is 3.09. The number of carbonyl (C=O) groups is 2. The van der Waals surface area contributed by atoms with Crippen molar-refractivity contribution in [3.63, 3.8) is 0 Å². The van der Waals surface area contributed by atoms with E-state index in [4.69, 9.17) is 0 Å². The third-order valence-electron chi connectivity index (χ3n) is 3.26. The van der Waals surface area contributed by atoms with Gasteiger partial charge in [-0.15, -0.1) is 23.1 Å². The van der Waals surface area contributed by atoms with Crippen LogP contribution >= 0.6 is 23.1 Å². The molecule has 132 valence electrons. The van der Waals surface area contributed by atoms with Crippen molar-refractivity contribution in [1.29, 1.82) is 0 Å². The number of thiazole rings is 1. The molecule has 0 atom stereocenters. The van der Waals surface area contributed by atoms with Gasteiger partial charge in [-0.2, -0.15) is 0 Å². The predicted molar refractivity (Wildman–Crippen MR) is 103 cm³/mol. The summed E-state index contributed by atoms with van der Waals surface area (Å²) in [6, 6.07) is 9.23. The molecule has 26 heavy (non-hydrogen) atoms. The zero-order valence-electron chi connectivity index (χ0n) is 13.8. The molecule has 2 amide bonds. The number of nitrogens with zero attached hydrogens (tertiary/aromatic N) is 3. The summed E-state index contributed by atoms with van der Waals surface area (Å²) in [6.45, 7) is 0. The van der Waals surface area contributed by atoms with Crippen LogP contribution in [0.15, 0.2) is 53.0 Å². The minimum absolute atomic E-state index is 0.0654. The maximum Gasteiger partial charge on any atom is 0.295 e. The lowest BCUT2D eigenvalue weighted by Crippen LogP contribution is -2.16. The molecule has 0 bridgehead atoms. The second-order valence-corrected chi connectivity index (χ2v) is 6.80. The van der Waals surface area contributed by atoms with Gasteiger partial charge in [0.25, 0.3) is 5.91 Å². The van der Waals surface area contributed by atoms with E-state index in [9.17, 15) is 9.59 Å². The second kappa shape index (κ2) is 8.54. The van der Waals surface area contributed by atoms with Gasteiger partial charge in [0.05, 0.1) is 17.8 Å². The van der Waals surface area contributed by atoms with Crippen molar-refractivity contribution < 1.29 is 9.59 Å². The number of anilines is 2. The first-order chi connectivity index (χ1) is 12.7. The van der Waals surface area contributed by atoms with Crippen LogP contribution in [0.4, 0.5) is 10.8 Å². The number of amides is 2. The summed E-state index contributed by atoms with van der Waals surface area (Å²) in [5.41, 5.74) is 1.35. The van der Waals surface area contributed by atoms with Gasteiger partial charge in [0.2, 0.25) is 11.7 Å². The molecule has 3 rings (SSSR count). The van der Waals surface area contributed by atoms with Gasteiger partial charge in [0, 0.05) is 22.7 Å². The quantitative estimate of drug-likeness (QED) is 0.633. The molecule has 7 nitrogen and oxygen atoms in total. The van der Waals surface area contributed by atoms with E-state index < -0.39 is 5.91 Å². The Labute approximate surface area is 158 Å². The standard InChI is InChI=1S/C17H15N5O2S2/c1-25-13-6-3-2-5-12(13)21-14(23)9-11-10-26-17(20-11)22-16(24)15-18-7-4-8-19-15/h2-8,10H,9H2,1H3,(H,21,23)(H,20,22,24). The molecule has 0 aliphatic rings. The highest BCUT2D eigenvalue weighted by atomic mass is 32.2. The first-order valence-electron chi connectivity index (χ1n) is 7.61. The number of benzene rings is 1. The van der Waals surface area contributed by atoms with Crippen LogP contribution in [0.1, 0.15) is 16.3 Å². The molecular weight excluding hydrogens is 370 g/mol. The largest absolute Gasteiger partial charge is 0.325 e. The molecule has 2 heterocycles. The normalized spacial score (nSPS) is 10.3. The van der Waals surface area contributed by atoms with E-state index >= 15 is 0 Å². The highest BCUT2D eigenvalue weighted by molar-refractivity contribution is 7.98. The molecule has 2 N–H and O–H groups in total. The number of para-hydroxylation sites is 1. The smallest absolute Gasteiger partial charge is 0.295 e. The maximum absolute atomic E-state index is 12.2. The van der Waals surface area contributed by atoms with Crippen molar-refractivity contribution in [2.45, 2.75) is 11.3 Å². The summed E-state index contributed by atoms with van der Waals surface area (Å²) in [5.74, 6) is -0.540. The van der Waals surface area contributed by atoms with E-state index in [-0.39, 0.29) is 18.2 Å². The molecule has 0 saturated heterocycles. The number of nitrogens with one attached hydrogen (secondary N) is 2.